The molecule has 1 atom stereocenters. The summed E-state index contributed by atoms with van der Waals surface area (Å²) in [5.41, 5.74) is 0.439. The predicted molar refractivity (Wildman–Crippen MR) is 71.7 cm³/mol. The molecule has 1 unspecified atom stereocenters. The zero-order valence-electron chi connectivity index (χ0n) is 10.2. The molecule has 7 heteroatoms. The number of hydrogen-bond donors (Lipinski definition) is 1. The van der Waals surface area contributed by atoms with E-state index in [1.54, 1.807) is 28.1 Å². The van der Waals surface area contributed by atoms with Crippen LogP contribution in [0.15, 0.2) is 22.8 Å². The number of hydrogen-bond acceptors (Lipinski definition) is 3. The van der Waals surface area contributed by atoms with Crippen LogP contribution in [-0.4, -0.2) is 58.9 Å². The van der Waals surface area contributed by atoms with Gasteiger partial charge in [-0.2, -0.15) is 0 Å². The van der Waals surface area contributed by atoms with Crippen LogP contribution in [0.3, 0.4) is 0 Å². The van der Waals surface area contributed by atoms with Crippen molar-refractivity contribution in [3.05, 3.63) is 28.5 Å². The number of pyridine rings is 1. The van der Waals surface area contributed by atoms with Crippen LogP contribution in [-0.2, 0) is 0 Å². The van der Waals surface area contributed by atoms with Crippen LogP contribution in [0, 0.1) is 0 Å². The summed E-state index contributed by atoms with van der Waals surface area (Å²) in [6.45, 7) is 2.31. The first-order chi connectivity index (χ1) is 9.15. The smallest absolute Gasteiger partial charge is 0.317 e. The summed E-state index contributed by atoms with van der Waals surface area (Å²) in [6.07, 6.45) is 1.62. The molecule has 3 amide bonds. The van der Waals surface area contributed by atoms with E-state index in [9.17, 15) is 9.59 Å². The molecule has 0 radical (unpaired) electrons. The molecule has 2 saturated heterocycles. The van der Waals surface area contributed by atoms with Crippen molar-refractivity contribution >= 4 is 27.9 Å². The first-order valence-corrected chi connectivity index (χ1v) is 6.90. The third-order valence-corrected chi connectivity index (χ3v) is 3.94. The Labute approximate surface area is 118 Å². The van der Waals surface area contributed by atoms with Crippen LogP contribution in [0.4, 0.5) is 4.79 Å². The molecule has 0 saturated carbocycles. The lowest BCUT2D eigenvalue weighted by Gasteiger charge is -2.36. The molecule has 1 aromatic rings. The van der Waals surface area contributed by atoms with Gasteiger partial charge >= 0.3 is 6.03 Å². The number of urea groups is 1. The second-order valence-electron chi connectivity index (χ2n) is 4.65. The van der Waals surface area contributed by atoms with Crippen molar-refractivity contribution in [2.75, 3.05) is 26.2 Å². The van der Waals surface area contributed by atoms with Crippen molar-refractivity contribution in [1.82, 2.24) is 20.1 Å². The topological polar surface area (TPSA) is 65.5 Å². The number of aromatic nitrogens is 1. The van der Waals surface area contributed by atoms with Crippen LogP contribution in [0.1, 0.15) is 10.5 Å². The van der Waals surface area contributed by atoms with Crippen LogP contribution >= 0.6 is 15.9 Å². The summed E-state index contributed by atoms with van der Waals surface area (Å²) in [4.78, 5) is 31.5. The van der Waals surface area contributed by atoms with E-state index < -0.39 is 0 Å². The molecule has 2 aliphatic rings. The molecule has 3 rings (SSSR count). The van der Waals surface area contributed by atoms with Crippen molar-refractivity contribution in [3.63, 3.8) is 0 Å². The number of carbonyl (C=O) groups is 2. The minimum absolute atomic E-state index is 0.0288. The monoisotopic (exact) mass is 324 g/mol. The molecule has 6 nitrogen and oxygen atoms in total. The van der Waals surface area contributed by atoms with Gasteiger partial charge in [0, 0.05) is 36.8 Å². The van der Waals surface area contributed by atoms with E-state index in [0.717, 1.165) is 4.47 Å². The van der Waals surface area contributed by atoms with E-state index in [1.807, 2.05) is 0 Å². The van der Waals surface area contributed by atoms with Gasteiger partial charge in [0.15, 0.2) is 0 Å². The van der Waals surface area contributed by atoms with Gasteiger partial charge in [0.05, 0.1) is 6.04 Å². The maximum Gasteiger partial charge on any atom is 0.317 e. The summed E-state index contributed by atoms with van der Waals surface area (Å²) in [6, 6.07) is 3.56. The lowest BCUT2D eigenvalue weighted by atomic mass is 10.2. The molecule has 0 aliphatic carbocycles. The van der Waals surface area contributed by atoms with E-state index in [0.29, 0.717) is 31.9 Å². The van der Waals surface area contributed by atoms with Crippen molar-refractivity contribution in [2.24, 2.45) is 0 Å². The summed E-state index contributed by atoms with van der Waals surface area (Å²) < 4.78 is 0.847. The largest absolute Gasteiger partial charge is 0.336 e. The third kappa shape index (κ3) is 2.30. The first kappa shape index (κ1) is 12.4. The highest BCUT2D eigenvalue weighted by atomic mass is 79.9. The lowest BCUT2D eigenvalue weighted by molar-refractivity contribution is 0.0611. The van der Waals surface area contributed by atoms with Crippen LogP contribution in [0.5, 0.6) is 0 Å². The molecule has 0 bridgehead atoms. The van der Waals surface area contributed by atoms with Gasteiger partial charge in [-0.05, 0) is 28.1 Å². The highest BCUT2D eigenvalue weighted by Crippen LogP contribution is 2.16. The van der Waals surface area contributed by atoms with Gasteiger partial charge in [-0.1, -0.05) is 0 Å². The minimum Gasteiger partial charge on any atom is -0.336 e. The Balaban J connectivity index is 1.72. The highest BCUT2D eigenvalue weighted by molar-refractivity contribution is 9.10. The summed E-state index contributed by atoms with van der Waals surface area (Å²) in [7, 11) is 0. The van der Waals surface area contributed by atoms with Crippen LogP contribution < -0.4 is 5.32 Å². The molecule has 0 spiro atoms. The second kappa shape index (κ2) is 4.80. The number of nitrogens with one attached hydrogen (secondary N) is 1. The van der Waals surface area contributed by atoms with Gasteiger partial charge in [0.1, 0.15) is 5.69 Å². The Morgan fingerprint density at radius 1 is 1.42 bits per heavy atom. The van der Waals surface area contributed by atoms with Gasteiger partial charge in [0.2, 0.25) is 0 Å². The molecular weight excluding hydrogens is 312 g/mol. The number of halogens is 1. The molecular formula is C12H13BrN4O2. The Kier molecular flexibility index (Phi) is 3.14. The van der Waals surface area contributed by atoms with Gasteiger partial charge in [0.25, 0.3) is 5.91 Å². The number of nitrogens with zero attached hydrogens (tertiary/aromatic N) is 3. The fourth-order valence-corrected chi connectivity index (χ4v) is 2.69. The van der Waals surface area contributed by atoms with Crippen molar-refractivity contribution in [2.45, 2.75) is 6.04 Å². The average Bonchev–Trinajstić information content (AvgIpc) is 2.80. The maximum atomic E-state index is 12.3. The van der Waals surface area contributed by atoms with E-state index in [4.69, 9.17) is 0 Å². The third-order valence-electron chi connectivity index (χ3n) is 3.47. The maximum absolute atomic E-state index is 12.3. The molecule has 1 aromatic heterocycles. The van der Waals surface area contributed by atoms with Crippen molar-refractivity contribution < 1.29 is 9.59 Å². The second-order valence-corrected chi connectivity index (χ2v) is 5.56. The zero-order valence-corrected chi connectivity index (χ0v) is 11.8. The molecule has 3 heterocycles. The fraction of sp³-hybridized carbons (Fsp3) is 0.417. The quantitative estimate of drug-likeness (QED) is 0.826. The minimum atomic E-state index is -0.0773. The summed E-state index contributed by atoms with van der Waals surface area (Å²) in [5.74, 6) is -0.0773. The molecule has 1 N–H and O–H groups in total. The number of fused-ring (bicyclic) bond motifs is 1. The average molecular weight is 325 g/mol. The molecule has 2 aliphatic heterocycles. The molecule has 100 valence electrons. The normalized spacial score (nSPS) is 22.2. The Hall–Kier alpha value is -1.63. The number of amides is 3. The molecule has 2 fully saturated rings. The number of carbonyl (C=O) groups excluding carboxylic acids is 2. The number of rotatable bonds is 1. The van der Waals surface area contributed by atoms with E-state index in [2.05, 4.69) is 26.2 Å². The van der Waals surface area contributed by atoms with Gasteiger partial charge < -0.3 is 15.1 Å². The van der Waals surface area contributed by atoms with E-state index in [1.165, 1.54) is 0 Å². The van der Waals surface area contributed by atoms with Gasteiger partial charge in [-0.15, -0.1) is 0 Å². The standard InChI is InChI=1S/C12H13BrN4O2/c13-8-1-2-10(14-5-8)11(18)16-3-4-17-9(7-16)6-15-12(17)19/h1-2,5,9H,3-4,6-7H2,(H,15,19). The predicted octanol–water partition coefficient (Wildman–Crippen LogP) is 0.694. The lowest BCUT2D eigenvalue weighted by Crippen LogP contribution is -2.53. The van der Waals surface area contributed by atoms with Gasteiger partial charge in [-0.25, -0.2) is 9.78 Å². The summed E-state index contributed by atoms with van der Waals surface area (Å²) in [5, 5.41) is 2.80. The molecule has 0 aromatic carbocycles. The Morgan fingerprint density at radius 3 is 3.00 bits per heavy atom. The highest BCUT2D eigenvalue weighted by Gasteiger charge is 2.37. The van der Waals surface area contributed by atoms with Crippen LogP contribution in [0.2, 0.25) is 0 Å². The zero-order chi connectivity index (χ0) is 13.4. The van der Waals surface area contributed by atoms with Crippen LogP contribution in [0.25, 0.3) is 0 Å². The number of piperazine rings is 1. The summed E-state index contributed by atoms with van der Waals surface area (Å²) >= 11 is 3.29. The SMILES string of the molecule is O=C(c1ccc(Br)cn1)N1CCN2C(=O)NCC2C1. The van der Waals surface area contributed by atoms with Gasteiger partial charge in [-0.3, -0.25) is 4.79 Å². The van der Waals surface area contributed by atoms with Crippen molar-refractivity contribution in [1.29, 1.82) is 0 Å². The molecule has 19 heavy (non-hydrogen) atoms. The Bertz CT molecular complexity index is 519. The van der Waals surface area contributed by atoms with E-state index in [-0.39, 0.29) is 18.0 Å². The fourth-order valence-electron chi connectivity index (χ4n) is 2.45. The Morgan fingerprint density at radius 2 is 2.26 bits per heavy atom. The first-order valence-electron chi connectivity index (χ1n) is 6.10. The van der Waals surface area contributed by atoms with E-state index >= 15 is 0 Å². The van der Waals surface area contributed by atoms with Crippen molar-refractivity contribution in [3.8, 4) is 0 Å².